The van der Waals surface area contributed by atoms with Crippen LogP contribution in [0.5, 0.6) is 5.75 Å². The number of anilines is 1. The Bertz CT molecular complexity index is 990. The van der Waals surface area contributed by atoms with Gasteiger partial charge in [0, 0.05) is 11.8 Å². The van der Waals surface area contributed by atoms with E-state index in [0.29, 0.717) is 23.0 Å². The third-order valence-electron chi connectivity index (χ3n) is 3.51. The number of thiophene rings is 1. The smallest absolute Gasteiger partial charge is 0.291 e. The molecule has 4 aromatic rings. The van der Waals surface area contributed by atoms with E-state index in [1.807, 2.05) is 23.6 Å². The van der Waals surface area contributed by atoms with Gasteiger partial charge < -0.3 is 18.9 Å². The summed E-state index contributed by atoms with van der Waals surface area (Å²) in [5.74, 6) is 1.13. The summed E-state index contributed by atoms with van der Waals surface area (Å²) >= 11 is 1.57. The van der Waals surface area contributed by atoms with Crippen LogP contribution in [0, 0.1) is 0 Å². The molecule has 0 spiro atoms. The predicted molar refractivity (Wildman–Crippen MR) is 97.3 cm³/mol. The molecule has 1 aromatic carbocycles. The van der Waals surface area contributed by atoms with E-state index in [4.69, 9.17) is 13.6 Å². The summed E-state index contributed by atoms with van der Waals surface area (Å²) in [7, 11) is 0. The fourth-order valence-electron chi connectivity index (χ4n) is 2.31. The van der Waals surface area contributed by atoms with Crippen molar-refractivity contribution in [1.82, 2.24) is 4.98 Å². The largest absolute Gasteiger partial charge is 0.487 e. The van der Waals surface area contributed by atoms with Gasteiger partial charge in [-0.25, -0.2) is 4.98 Å². The van der Waals surface area contributed by atoms with Crippen molar-refractivity contribution >= 4 is 22.9 Å². The Labute approximate surface area is 153 Å². The molecular weight excluding hydrogens is 352 g/mol. The lowest BCUT2D eigenvalue weighted by atomic mass is 10.3. The number of carbonyl (C=O) groups excluding carboxylic acids is 1. The molecule has 0 aliphatic heterocycles. The van der Waals surface area contributed by atoms with Crippen LogP contribution >= 0.6 is 11.3 Å². The van der Waals surface area contributed by atoms with E-state index in [2.05, 4.69) is 10.3 Å². The summed E-state index contributed by atoms with van der Waals surface area (Å²) < 4.78 is 16.3. The van der Waals surface area contributed by atoms with E-state index >= 15 is 0 Å². The van der Waals surface area contributed by atoms with Crippen molar-refractivity contribution in [3.05, 3.63) is 77.9 Å². The van der Waals surface area contributed by atoms with Gasteiger partial charge in [-0.05, 0) is 35.7 Å². The normalized spacial score (nSPS) is 10.6. The average Bonchev–Trinajstić information content (AvgIpc) is 3.42. The molecule has 130 valence electrons. The zero-order valence-electron chi connectivity index (χ0n) is 13.5. The molecule has 0 saturated heterocycles. The van der Waals surface area contributed by atoms with Gasteiger partial charge in [-0.3, -0.25) is 4.79 Å². The Morgan fingerprint density at radius 3 is 2.92 bits per heavy atom. The van der Waals surface area contributed by atoms with Crippen LogP contribution < -0.4 is 10.1 Å². The summed E-state index contributed by atoms with van der Waals surface area (Å²) in [4.78, 5) is 17.4. The van der Waals surface area contributed by atoms with Gasteiger partial charge in [-0.2, -0.15) is 0 Å². The van der Waals surface area contributed by atoms with Crippen LogP contribution in [0.2, 0.25) is 0 Å². The molecule has 3 heterocycles. The van der Waals surface area contributed by atoms with E-state index in [1.165, 1.54) is 6.26 Å². The molecule has 1 N–H and O–H groups in total. The molecule has 4 rings (SSSR count). The first-order chi connectivity index (χ1) is 12.8. The van der Waals surface area contributed by atoms with Crippen molar-refractivity contribution in [3.63, 3.8) is 0 Å². The zero-order chi connectivity index (χ0) is 17.8. The van der Waals surface area contributed by atoms with Crippen LogP contribution in [-0.2, 0) is 6.61 Å². The van der Waals surface area contributed by atoms with Crippen LogP contribution in [0.1, 0.15) is 16.2 Å². The molecule has 0 saturated carbocycles. The lowest BCUT2D eigenvalue weighted by molar-refractivity contribution is 0.0996. The highest BCUT2D eigenvalue weighted by Crippen LogP contribution is 2.24. The van der Waals surface area contributed by atoms with E-state index < -0.39 is 0 Å². The van der Waals surface area contributed by atoms with Crippen LogP contribution in [-0.4, -0.2) is 10.9 Å². The SMILES string of the molecule is O=C(Nc1cccc(OCc2coc(-c3cccs3)n2)c1)c1ccco1. The maximum atomic E-state index is 12.0. The molecular formula is C19H14N2O4S. The summed E-state index contributed by atoms with van der Waals surface area (Å²) in [6.45, 7) is 0.268. The molecule has 0 unspecified atom stereocenters. The molecule has 0 aliphatic carbocycles. The number of benzene rings is 1. The van der Waals surface area contributed by atoms with Gasteiger partial charge in [0.2, 0.25) is 5.89 Å². The first kappa shape index (κ1) is 16.2. The monoisotopic (exact) mass is 366 g/mol. The average molecular weight is 366 g/mol. The van der Waals surface area contributed by atoms with Crippen LogP contribution in [0.15, 0.2) is 75.3 Å². The summed E-state index contributed by atoms with van der Waals surface area (Å²) in [5, 5.41) is 4.73. The van der Waals surface area contributed by atoms with Gasteiger partial charge >= 0.3 is 0 Å². The molecule has 0 atom stereocenters. The fourth-order valence-corrected chi connectivity index (χ4v) is 2.96. The zero-order valence-corrected chi connectivity index (χ0v) is 14.4. The topological polar surface area (TPSA) is 77.5 Å². The fraction of sp³-hybridized carbons (Fsp3) is 0.0526. The Hall–Kier alpha value is -3.32. The molecule has 7 heteroatoms. The number of hydrogen-bond acceptors (Lipinski definition) is 6. The Morgan fingerprint density at radius 2 is 2.12 bits per heavy atom. The van der Waals surface area contributed by atoms with Crippen molar-refractivity contribution < 1.29 is 18.4 Å². The van der Waals surface area contributed by atoms with Crippen LogP contribution in [0.25, 0.3) is 10.8 Å². The number of nitrogens with zero attached hydrogens (tertiary/aromatic N) is 1. The highest BCUT2D eigenvalue weighted by Gasteiger charge is 2.10. The lowest BCUT2D eigenvalue weighted by Crippen LogP contribution is -2.10. The van der Waals surface area contributed by atoms with Gasteiger partial charge in [-0.1, -0.05) is 12.1 Å². The molecule has 0 aliphatic rings. The molecule has 6 nitrogen and oxygen atoms in total. The quantitative estimate of drug-likeness (QED) is 0.529. The first-order valence-corrected chi connectivity index (χ1v) is 8.72. The predicted octanol–water partition coefficient (Wildman–Crippen LogP) is 4.83. The third-order valence-corrected chi connectivity index (χ3v) is 4.37. The van der Waals surface area contributed by atoms with Gasteiger partial charge in [0.15, 0.2) is 5.76 Å². The molecule has 26 heavy (non-hydrogen) atoms. The van der Waals surface area contributed by atoms with Gasteiger partial charge in [0.25, 0.3) is 5.91 Å². The Kier molecular flexibility index (Phi) is 4.53. The number of furan rings is 1. The number of rotatable bonds is 6. The Balaban J connectivity index is 1.39. The maximum Gasteiger partial charge on any atom is 0.291 e. The third kappa shape index (κ3) is 3.68. The number of oxazole rings is 1. The van der Waals surface area contributed by atoms with E-state index in [9.17, 15) is 4.79 Å². The second-order valence-corrected chi connectivity index (χ2v) is 6.32. The highest BCUT2D eigenvalue weighted by molar-refractivity contribution is 7.13. The molecule has 1 amide bonds. The van der Waals surface area contributed by atoms with Crippen molar-refractivity contribution in [2.24, 2.45) is 0 Å². The number of amides is 1. The molecule has 0 bridgehead atoms. The first-order valence-electron chi connectivity index (χ1n) is 7.84. The second-order valence-electron chi connectivity index (χ2n) is 5.37. The van der Waals surface area contributed by atoms with Crippen molar-refractivity contribution in [2.75, 3.05) is 5.32 Å². The minimum atomic E-state index is -0.316. The van der Waals surface area contributed by atoms with Gasteiger partial charge in [-0.15, -0.1) is 11.3 Å². The molecule has 0 radical (unpaired) electrons. The second kappa shape index (κ2) is 7.28. The summed E-state index contributed by atoms with van der Waals surface area (Å²) in [6.07, 6.45) is 3.04. The van der Waals surface area contributed by atoms with Crippen LogP contribution in [0.3, 0.4) is 0 Å². The minimum absolute atomic E-state index is 0.250. The standard InChI is InChI=1S/C19H14N2O4S/c22-18(16-6-2-8-23-16)20-13-4-1-5-15(10-13)24-11-14-12-25-19(21-14)17-7-3-9-26-17/h1-10,12H,11H2,(H,20,22). The highest BCUT2D eigenvalue weighted by atomic mass is 32.1. The minimum Gasteiger partial charge on any atom is -0.487 e. The van der Waals surface area contributed by atoms with E-state index in [1.54, 1.807) is 47.9 Å². The van der Waals surface area contributed by atoms with E-state index in [0.717, 1.165) is 4.88 Å². The van der Waals surface area contributed by atoms with Crippen molar-refractivity contribution in [3.8, 4) is 16.5 Å². The van der Waals surface area contributed by atoms with Gasteiger partial charge in [0.05, 0.1) is 11.1 Å². The van der Waals surface area contributed by atoms with Gasteiger partial charge in [0.1, 0.15) is 24.3 Å². The lowest BCUT2D eigenvalue weighted by Gasteiger charge is -2.07. The number of ether oxygens (including phenoxy) is 1. The Morgan fingerprint density at radius 1 is 1.15 bits per heavy atom. The molecule has 3 aromatic heterocycles. The number of hydrogen-bond donors (Lipinski definition) is 1. The number of aromatic nitrogens is 1. The van der Waals surface area contributed by atoms with Crippen molar-refractivity contribution in [1.29, 1.82) is 0 Å². The van der Waals surface area contributed by atoms with Crippen molar-refractivity contribution in [2.45, 2.75) is 6.61 Å². The molecule has 0 fully saturated rings. The number of nitrogens with one attached hydrogen (secondary N) is 1. The summed E-state index contributed by atoms with van der Waals surface area (Å²) in [6, 6.07) is 14.3. The van der Waals surface area contributed by atoms with E-state index in [-0.39, 0.29) is 18.3 Å². The maximum absolute atomic E-state index is 12.0. The summed E-state index contributed by atoms with van der Waals surface area (Å²) in [5.41, 5.74) is 1.31. The van der Waals surface area contributed by atoms with Crippen LogP contribution in [0.4, 0.5) is 5.69 Å². The number of carbonyl (C=O) groups is 1.